The number of hydrogen-bond donors (Lipinski definition) is 2. The van der Waals surface area contributed by atoms with Crippen molar-refractivity contribution in [2.24, 2.45) is 10.8 Å². The van der Waals surface area contributed by atoms with Gasteiger partial charge < -0.3 is 25.0 Å². The third-order valence-electron chi connectivity index (χ3n) is 4.93. The highest BCUT2D eigenvalue weighted by molar-refractivity contribution is 7.80. The van der Waals surface area contributed by atoms with Crippen LogP contribution >= 0.6 is 12.2 Å². The maximum Gasteiger partial charge on any atom is 0.293 e. The van der Waals surface area contributed by atoms with Gasteiger partial charge in [0.2, 0.25) is 6.79 Å². The van der Waals surface area contributed by atoms with Crippen molar-refractivity contribution >= 4 is 40.6 Å². The van der Waals surface area contributed by atoms with Crippen LogP contribution in [0.1, 0.15) is 5.56 Å². The molecule has 0 aromatic heterocycles. The van der Waals surface area contributed by atoms with E-state index in [-0.39, 0.29) is 22.5 Å². The lowest BCUT2D eigenvalue weighted by atomic mass is 10.1. The Bertz CT molecular complexity index is 1010. The van der Waals surface area contributed by atoms with Crippen molar-refractivity contribution < 1.29 is 14.4 Å². The minimum absolute atomic E-state index is 0.0256. The monoisotopic (exact) mass is 428 g/mol. The van der Waals surface area contributed by atoms with Crippen molar-refractivity contribution in [2.75, 3.05) is 42.8 Å². The van der Waals surface area contributed by atoms with E-state index >= 15 is 0 Å². The van der Waals surface area contributed by atoms with Crippen LogP contribution in [0.3, 0.4) is 0 Å². The number of anilines is 2. The van der Waals surface area contributed by atoms with Gasteiger partial charge in [-0.3, -0.25) is 15.5 Å². The van der Waals surface area contributed by atoms with E-state index in [1.54, 1.807) is 12.1 Å². The molecule has 0 spiro atoms. The molecule has 2 aliphatic heterocycles. The van der Waals surface area contributed by atoms with E-state index in [9.17, 15) is 10.1 Å². The molecule has 2 heterocycles. The van der Waals surface area contributed by atoms with Crippen LogP contribution in [-0.2, 0) is 0 Å². The number of benzene rings is 2. The van der Waals surface area contributed by atoms with Crippen molar-refractivity contribution in [2.45, 2.75) is 0 Å². The summed E-state index contributed by atoms with van der Waals surface area (Å²) in [6.45, 7) is 3.03. The Labute approximate surface area is 178 Å². The first-order valence-electron chi connectivity index (χ1n) is 9.28. The van der Waals surface area contributed by atoms with Gasteiger partial charge in [0.05, 0.1) is 11.1 Å². The molecule has 0 aliphatic carbocycles. The van der Waals surface area contributed by atoms with E-state index in [0.29, 0.717) is 24.3 Å². The maximum absolute atomic E-state index is 11.6. The molecule has 4 rings (SSSR count). The Balaban J connectivity index is 1.46. The van der Waals surface area contributed by atoms with Crippen LogP contribution in [0.15, 0.2) is 41.5 Å². The van der Waals surface area contributed by atoms with Crippen LogP contribution in [0, 0.1) is 10.1 Å². The minimum Gasteiger partial charge on any atom is -0.454 e. The van der Waals surface area contributed by atoms with Crippen LogP contribution in [0.4, 0.5) is 17.1 Å². The summed E-state index contributed by atoms with van der Waals surface area (Å²) in [6, 6.07) is 10.9. The lowest BCUT2D eigenvalue weighted by Crippen LogP contribution is -2.46. The largest absolute Gasteiger partial charge is 0.454 e. The summed E-state index contributed by atoms with van der Waals surface area (Å²) in [5.41, 5.74) is 9.99. The summed E-state index contributed by atoms with van der Waals surface area (Å²) in [5.74, 6) is 1.49. The normalized spacial score (nSPS) is 15.5. The number of rotatable bonds is 5. The summed E-state index contributed by atoms with van der Waals surface area (Å²) < 4.78 is 10.8. The molecule has 0 atom stereocenters. The van der Waals surface area contributed by atoms with Crippen LogP contribution in [-0.4, -0.2) is 49.2 Å². The molecule has 30 heavy (non-hydrogen) atoms. The first-order valence-corrected chi connectivity index (χ1v) is 9.68. The fourth-order valence-electron chi connectivity index (χ4n) is 3.49. The summed E-state index contributed by atoms with van der Waals surface area (Å²) in [6.07, 6.45) is 1.44. The van der Waals surface area contributed by atoms with Crippen LogP contribution in [0.5, 0.6) is 11.5 Å². The number of nitrogens with zero attached hydrogens (tertiary/aromatic N) is 4. The third-order valence-corrected chi connectivity index (χ3v) is 5.02. The first kappa shape index (κ1) is 19.7. The standard InChI is InChI=1S/C19H20N6O4S/c20-19(30)22-21-11-13-1-3-15(16(9-13)25(26)27)24-7-5-23(6-8-24)14-2-4-17-18(10-14)29-12-28-17/h1-4,9-11H,5-8,12H2,(H3,20,22,30)/b21-11-. The molecular weight excluding hydrogens is 408 g/mol. The fraction of sp³-hybridized carbons (Fsp3) is 0.263. The fourth-order valence-corrected chi connectivity index (χ4v) is 3.55. The number of hydrogen-bond acceptors (Lipinski definition) is 8. The van der Waals surface area contributed by atoms with Gasteiger partial charge >= 0.3 is 0 Å². The molecule has 156 valence electrons. The average molecular weight is 428 g/mol. The van der Waals surface area contributed by atoms with E-state index in [4.69, 9.17) is 15.2 Å². The van der Waals surface area contributed by atoms with Crippen molar-refractivity contribution in [3.63, 3.8) is 0 Å². The van der Waals surface area contributed by atoms with Gasteiger partial charge in [0.15, 0.2) is 16.6 Å². The van der Waals surface area contributed by atoms with Gasteiger partial charge in [0, 0.05) is 49.6 Å². The Morgan fingerprint density at radius 1 is 1.13 bits per heavy atom. The van der Waals surface area contributed by atoms with Crippen molar-refractivity contribution in [1.82, 2.24) is 5.43 Å². The molecule has 0 unspecified atom stereocenters. The highest BCUT2D eigenvalue weighted by Crippen LogP contribution is 2.36. The number of hydrazone groups is 1. The van der Waals surface area contributed by atoms with Crippen LogP contribution in [0.25, 0.3) is 0 Å². The van der Waals surface area contributed by atoms with Crippen molar-refractivity contribution in [3.8, 4) is 11.5 Å². The topological polar surface area (TPSA) is 118 Å². The van der Waals surface area contributed by atoms with Gasteiger partial charge in [-0.1, -0.05) is 6.07 Å². The molecule has 2 aromatic carbocycles. The quantitative estimate of drug-likeness (QED) is 0.318. The molecular formula is C19H20N6O4S. The smallest absolute Gasteiger partial charge is 0.293 e. The molecule has 0 amide bonds. The highest BCUT2D eigenvalue weighted by Gasteiger charge is 2.25. The summed E-state index contributed by atoms with van der Waals surface area (Å²) >= 11 is 4.67. The van der Waals surface area contributed by atoms with E-state index in [1.165, 1.54) is 12.3 Å². The van der Waals surface area contributed by atoms with Crippen molar-refractivity contribution in [3.05, 3.63) is 52.1 Å². The van der Waals surface area contributed by atoms with E-state index in [2.05, 4.69) is 27.6 Å². The lowest BCUT2D eigenvalue weighted by Gasteiger charge is -2.37. The highest BCUT2D eigenvalue weighted by atomic mass is 32.1. The Hall–Kier alpha value is -3.60. The van der Waals surface area contributed by atoms with Gasteiger partial charge in [-0.25, -0.2) is 0 Å². The Morgan fingerprint density at radius 3 is 2.60 bits per heavy atom. The number of fused-ring (bicyclic) bond motifs is 1. The maximum atomic E-state index is 11.6. The number of thiocarbonyl (C=S) groups is 1. The summed E-state index contributed by atoms with van der Waals surface area (Å²) in [5, 5.41) is 15.5. The molecule has 11 heteroatoms. The number of nitrogens with two attached hydrogens (primary N) is 1. The molecule has 2 aromatic rings. The number of nitro benzene ring substituents is 1. The van der Waals surface area contributed by atoms with Crippen molar-refractivity contribution in [1.29, 1.82) is 0 Å². The van der Waals surface area contributed by atoms with Crippen LogP contribution < -0.4 is 30.4 Å². The number of piperazine rings is 1. The predicted octanol–water partition coefficient (Wildman–Crippen LogP) is 1.82. The summed E-state index contributed by atoms with van der Waals surface area (Å²) in [7, 11) is 0. The zero-order valence-electron chi connectivity index (χ0n) is 16.0. The molecule has 10 nitrogen and oxygen atoms in total. The Kier molecular flexibility index (Phi) is 5.53. The third kappa shape index (κ3) is 4.20. The minimum atomic E-state index is -0.377. The van der Waals surface area contributed by atoms with Gasteiger partial charge in [-0.05, 0) is 30.4 Å². The van der Waals surface area contributed by atoms with E-state index in [1.807, 2.05) is 23.1 Å². The number of nitro groups is 1. The summed E-state index contributed by atoms with van der Waals surface area (Å²) in [4.78, 5) is 15.5. The van der Waals surface area contributed by atoms with Gasteiger partial charge in [-0.2, -0.15) is 5.10 Å². The first-order chi connectivity index (χ1) is 14.5. The molecule has 3 N–H and O–H groups in total. The molecule has 1 saturated heterocycles. The van der Waals surface area contributed by atoms with Gasteiger partial charge in [0.1, 0.15) is 5.69 Å². The predicted molar refractivity (Wildman–Crippen MR) is 118 cm³/mol. The van der Waals surface area contributed by atoms with Gasteiger partial charge in [0.25, 0.3) is 5.69 Å². The zero-order valence-corrected chi connectivity index (χ0v) is 16.8. The molecule has 1 fully saturated rings. The van der Waals surface area contributed by atoms with Gasteiger partial charge in [-0.15, -0.1) is 0 Å². The molecule has 0 bridgehead atoms. The van der Waals surface area contributed by atoms with E-state index < -0.39 is 0 Å². The lowest BCUT2D eigenvalue weighted by molar-refractivity contribution is -0.384. The van der Waals surface area contributed by atoms with E-state index in [0.717, 1.165) is 30.3 Å². The molecule has 0 radical (unpaired) electrons. The SMILES string of the molecule is NC(=S)N/N=C\c1ccc(N2CCN(c3ccc4c(c3)OCO4)CC2)c([N+](=O)[O-])c1. The zero-order chi connectivity index (χ0) is 21.1. The number of nitrogens with one attached hydrogen (secondary N) is 1. The van der Waals surface area contributed by atoms with Crippen LogP contribution in [0.2, 0.25) is 0 Å². The second-order valence-corrected chi connectivity index (χ2v) is 7.19. The second kappa shape index (κ2) is 8.41. The Morgan fingerprint density at radius 2 is 1.87 bits per heavy atom. The molecule has 2 aliphatic rings. The number of ether oxygens (including phenoxy) is 2. The average Bonchev–Trinajstić information content (AvgIpc) is 3.21. The second-order valence-electron chi connectivity index (χ2n) is 6.75. The molecule has 0 saturated carbocycles.